The topological polar surface area (TPSA) is 97.1 Å². The molecular weight excluding hydrogens is 527 g/mol. The van der Waals surface area contributed by atoms with Crippen molar-refractivity contribution in [1.82, 2.24) is 25.2 Å². The molecular formula is C19H17BrF3N7O2S. The van der Waals surface area contributed by atoms with Gasteiger partial charge >= 0.3 is 12.3 Å². The summed E-state index contributed by atoms with van der Waals surface area (Å²) in [5.41, 5.74) is -0.0108. The van der Waals surface area contributed by atoms with Crippen molar-refractivity contribution in [3.8, 4) is 10.7 Å². The number of fused-ring (bicyclic) bond motifs is 1. The fourth-order valence-electron chi connectivity index (χ4n) is 4.17. The van der Waals surface area contributed by atoms with E-state index in [1.54, 1.807) is 13.2 Å². The number of benzene rings is 1. The second-order valence-corrected chi connectivity index (χ2v) is 9.55. The van der Waals surface area contributed by atoms with Gasteiger partial charge in [0.25, 0.3) is 0 Å². The van der Waals surface area contributed by atoms with E-state index in [0.29, 0.717) is 27.8 Å². The van der Waals surface area contributed by atoms with Gasteiger partial charge in [0.2, 0.25) is 5.82 Å². The first kappa shape index (κ1) is 23.3. The Morgan fingerprint density at radius 2 is 1.76 bits per heavy atom. The number of anilines is 2. The molecule has 0 N–H and O–H groups in total. The number of nitrogens with zero attached hydrogens (tertiary/aromatic N) is 7. The minimum atomic E-state index is -4.34. The van der Waals surface area contributed by atoms with E-state index in [4.69, 9.17) is 9.59 Å². The second kappa shape index (κ2) is 9.20. The quantitative estimate of drug-likeness (QED) is 0.497. The predicted molar refractivity (Wildman–Crippen MR) is 115 cm³/mol. The molecule has 2 aliphatic rings. The lowest BCUT2D eigenvalue weighted by Crippen LogP contribution is -2.29. The molecule has 0 saturated carbocycles. The highest BCUT2D eigenvalue weighted by molar-refractivity contribution is 9.10. The standard InChI is InChI=1S/C18H17BrF3N7S.CO2/c1-27-25-16(24-26-27)15-5-23-17(30-15)29-8-10-6-28(7-11(10)9-29)14-4-12(18(20,21)22)2-3-13(14)19;2-1-3/h2-5,10-11H,6-9H2,1H3;. The van der Waals surface area contributed by atoms with Gasteiger partial charge in [-0.15, -0.1) is 10.2 Å². The van der Waals surface area contributed by atoms with Gasteiger partial charge in [0.15, 0.2) is 5.13 Å². The maximum Gasteiger partial charge on any atom is 0.416 e. The summed E-state index contributed by atoms with van der Waals surface area (Å²) in [6.07, 6.45) is -2.33. The third-order valence-electron chi connectivity index (χ3n) is 5.59. The lowest BCUT2D eigenvalue weighted by atomic mass is 10.0. The Labute approximate surface area is 198 Å². The number of carbonyl (C=O) groups excluding carboxylic acids is 2. The zero-order chi connectivity index (χ0) is 23.8. The first-order valence-corrected chi connectivity index (χ1v) is 11.4. The van der Waals surface area contributed by atoms with Crippen molar-refractivity contribution in [1.29, 1.82) is 0 Å². The molecule has 33 heavy (non-hydrogen) atoms. The third kappa shape index (κ3) is 4.92. The number of rotatable bonds is 3. The summed E-state index contributed by atoms with van der Waals surface area (Å²) in [4.78, 5) is 27.4. The molecule has 2 aliphatic heterocycles. The number of alkyl halides is 3. The van der Waals surface area contributed by atoms with Crippen LogP contribution in [0.15, 0.2) is 28.9 Å². The zero-order valence-electron chi connectivity index (χ0n) is 17.2. The van der Waals surface area contributed by atoms with Crippen molar-refractivity contribution in [2.45, 2.75) is 6.18 Å². The summed E-state index contributed by atoms with van der Waals surface area (Å²) in [5.74, 6) is 1.32. The monoisotopic (exact) mass is 543 g/mol. The fourth-order valence-corrected chi connectivity index (χ4v) is 5.53. The zero-order valence-corrected chi connectivity index (χ0v) is 19.6. The molecule has 4 heterocycles. The molecule has 2 aromatic heterocycles. The smallest absolute Gasteiger partial charge is 0.370 e. The number of aromatic nitrogens is 5. The normalized spacial score (nSPS) is 19.8. The van der Waals surface area contributed by atoms with Crippen LogP contribution < -0.4 is 9.80 Å². The molecule has 0 bridgehead atoms. The molecule has 14 heteroatoms. The van der Waals surface area contributed by atoms with E-state index < -0.39 is 11.7 Å². The van der Waals surface area contributed by atoms with Gasteiger partial charge in [0.05, 0.1) is 29.4 Å². The Balaban J connectivity index is 0.000000821. The molecule has 174 valence electrons. The SMILES string of the molecule is Cn1nnc(-c2cnc(N3CC4CN(c5cc(C(F)(F)F)ccc5Br)CC4C3)s2)n1.O=C=O. The molecule has 0 aliphatic carbocycles. The number of aryl methyl sites for hydroxylation is 1. The van der Waals surface area contributed by atoms with Gasteiger partial charge in [0, 0.05) is 42.5 Å². The van der Waals surface area contributed by atoms with Crippen LogP contribution in [0, 0.1) is 11.8 Å². The Morgan fingerprint density at radius 3 is 2.33 bits per heavy atom. The molecule has 0 amide bonds. The fraction of sp³-hybridized carbons (Fsp3) is 0.421. The summed E-state index contributed by atoms with van der Waals surface area (Å²) < 4.78 is 40.1. The number of hydrogen-bond acceptors (Lipinski definition) is 9. The highest BCUT2D eigenvalue weighted by Crippen LogP contribution is 2.41. The van der Waals surface area contributed by atoms with Crippen LogP contribution in [0.4, 0.5) is 24.0 Å². The van der Waals surface area contributed by atoms with E-state index >= 15 is 0 Å². The summed E-state index contributed by atoms with van der Waals surface area (Å²) >= 11 is 4.95. The largest absolute Gasteiger partial charge is 0.416 e. The van der Waals surface area contributed by atoms with Crippen molar-refractivity contribution in [2.75, 3.05) is 36.0 Å². The Hall–Kier alpha value is -2.83. The summed E-state index contributed by atoms with van der Waals surface area (Å²) in [6, 6.07) is 3.83. The Kier molecular flexibility index (Phi) is 6.50. The van der Waals surface area contributed by atoms with E-state index in [2.05, 4.69) is 46.1 Å². The number of thiazole rings is 1. The molecule has 5 rings (SSSR count). The predicted octanol–water partition coefficient (Wildman–Crippen LogP) is 3.10. The second-order valence-electron chi connectivity index (χ2n) is 7.69. The van der Waals surface area contributed by atoms with Crippen LogP contribution in [0.25, 0.3) is 10.7 Å². The molecule has 9 nitrogen and oxygen atoms in total. The van der Waals surface area contributed by atoms with E-state index in [-0.39, 0.29) is 6.15 Å². The van der Waals surface area contributed by atoms with Gasteiger partial charge in [-0.05, 0) is 39.3 Å². The van der Waals surface area contributed by atoms with E-state index in [1.165, 1.54) is 28.3 Å². The van der Waals surface area contributed by atoms with Crippen LogP contribution >= 0.6 is 27.3 Å². The van der Waals surface area contributed by atoms with Crippen molar-refractivity contribution in [2.24, 2.45) is 18.9 Å². The van der Waals surface area contributed by atoms with Crippen LogP contribution in [-0.2, 0) is 22.8 Å². The van der Waals surface area contributed by atoms with Gasteiger partial charge in [0.1, 0.15) is 0 Å². The van der Waals surface area contributed by atoms with Crippen LogP contribution in [0.2, 0.25) is 0 Å². The third-order valence-corrected chi connectivity index (χ3v) is 7.32. The Morgan fingerprint density at radius 1 is 1.12 bits per heavy atom. The lowest BCUT2D eigenvalue weighted by molar-refractivity contribution is -0.191. The molecule has 3 aromatic rings. The maximum absolute atomic E-state index is 13.1. The molecule has 1 aromatic carbocycles. The van der Waals surface area contributed by atoms with Gasteiger partial charge in [-0.25, -0.2) is 4.98 Å². The molecule has 0 spiro atoms. The van der Waals surface area contributed by atoms with Gasteiger partial charge in [-0.3, -0.25) is 0 Å². The summed E-state index contributed by atoms with van der Waals surface area (Å²) in [6.45, 7) is 3.12. The van der Waals surface area contributed by atoms with Gasteiger partial charge in [-0.1, -0.05) is 11.3 Å². The van der Waals surface area contributed by atoms with Crippen molar-refractivity contribution in [3.05, 3.63) is 34.4 Å². The van der Waals surface area contributed by atoms with Crippen molar-refractivity contribution >= 4 is 44.2 Å². The van der Waals surface area contributed by atoms with Gasteiger partial charge < -0.3 is 9.80 Å². The average molecular weight is 544 g/mol. The first-order valence-electron chi connectivity index (χ1n) is 9.75. The van der Waals surface area contributed by atoms with Crippen LogP contribution in [0.1, 0.15) is 5.56 Å². The Bertz CT molecular complexity index is 1160. The molecule has 2 saturated heterocycles. The van der Waals surface area contributed by atoms with E-state index in [9.17, 15) is 13.2 Å². The van der Waals surface area contributed by atoms with Crippen molar-refractivity contribution in [3.63, 3.8) is 0 Å². The average Bonchev–Trinajstić information content (AvgIpc) is 3.50. The summed E-state index contributed by atoms with van der Waals surface area (Å²) in [7, 11) is 1.72. The van der Waals surface area contributed by atoms with Crippen LogP contribution in [0.5, 0.6) is 0 Å². The number of tetrazole rings is 1. The molecule has 2 unspecified atom stereocenters. The summed E-state index contributed by atoms with van der Waals surface area (Å²) in [5, 5.41) is 13.0. The van der Waals surface area contributed by atoms with Gasteiger partial charge in [-0.2, -0.15) is 27.6 Å². The molecule has 2 atom stereocenters. The van der Waals surface area contributed by atoms with E-state index in [1.807, 2.05) is 0 Å². The highest BCUT2D eigenvalue weighted by atomic mass is 79.9. The number of hydrogen-bond donors (Lipinski definition) is 0. The highest BCUT2D eigenvalue weighted by Gasteiger charge is 2.42. The minimum absolute atomic E-state index is 0.250. The van der Waals surface area contributed by atoms with E-state index in [0.717, 1.165) is 42.3 Å². The lowest BCUT2D eigenvalue weighted by Gasteiger charge is -2.24. The number of halogens is 4. The van der Waals surface area contributed by atoms with Crippen molar-refractivity contribution < 1.29 is 22.8 Å². The maximum atomic E-state index is 13.1. The molecule has 0 radical (unpaired) electrons. The minimum Gasteiger partial charge on any atom is -0.370 e. The first-order chi connectivity index (χ1) is 15.7. The van der Waals surface area contributed by atoms with Crippen LogP contribution in [-0.4, -0.2) is 57.5 Å². The molecule has 2 fully saturated rings. The van der Waals surface area contributed by atoms with Crippen LogP contribution in [0.3, 0.4) is 0 Å².